The third-order valence-corrected chi connectivity index (χ3v) is 6.20. The Kier molecular flexibility index (Phi) is 5.97. The summed E-state index contributed by atoms with van der Waals surface area (Å²) in [5.74, 6) is 1.75. The van der Waals surface area contributed by atoms with Gasteiger partial charge in [0.25, 0.3) is 0 Å². The van der Waals surface area contributed by atoms with Crippen LogP contribution in [0.25, 0.3) is 6.08 Å². The molecule has 8 heteroatoms. The van der Waals surface area contributed by atoms with Crippen molar-refractivity contribution < 1.29 is 23.7 Å². The highest BCUT2D eigenvalue weighted by Gasteiger charge is 2.30. The van der Waals surface area contributed by atoms with Crippen LogP contribution in [-0.2, 0) is 18.0 Å². The Hall–Kier alpha value is -2.70. The molecule has 0 saturated heterocycles. The van der Waals surface area contributed by atoms with Crippen molar-refractivity contribution in [3.05, 3.63) is 91.1 Å². The fourth-order valence-electron chi connectivity index (χ4n) is 3.80. The summed E-state index contributed by atoms with van der Waals surface area (Å²) < 4.78 is 23.0. The van der Waals surface area contributed by atoms with Crippen molar-refractivity contribution in [1.29, 1.82) is 0 Å². The number of carbonyl (C=O) groups is 1. The number of benzene rings is 3. The second-order valence-corrected chi connectivity index (χ2v) is 8.90. The summed E-state index contributed by atoms with van der Waals surface area (Å²) in [5.41, 5.74) is 3.52. The van der Waals surface area contributed by atoms with E-state index in [2.05, 4.69) is 0 Å². The topological polar surface area (TPSA) is 54.0 Å². The molecule has 2 aliphatic heterocycles. The van der Waals surface area contributed by atoms with E-state index in [1.807, 2.05) is 19.1 Å². The number of rotatable bonds is 4. The number of carbonyl (C=O) groups excluding carboxylic acids is 1. The van der Waals surface area contributed by atoms with Gasteiger partial charge in [0.05, 0.1) is 12.2 Å². The Morgan fingerprint density at radius 3 is 2.70 bits per heavy atom. The van der Waals surface area contributed by atoms with Crippen LogP contribution in [0.3, 0.4) is 0 Å². The average Bonchev–Trinajstić information content (AvgIpc) is 3.11. The molecule has 5 nitrogen and oxygen atoms in total. The van der Waals surface area contributed by atoms with Gasteiger partial charge in [-0.3, -0.25) is 4.79 Å². The molecule has 2 heterocycles. The first kappa shape index (κ1) is 22.1. The molecule has 0 bridgehead atoms. The van der Waals surface area contributed by atoms with Gasteiger partial charge in [-0.05, 0) is 55.0 Å². The minimum atomic E-state index is -0.219. The number of ether oxygens (including phenoxy) is 4. The zero-order valence-corrected chi connectivity index (χ0v) is 19.7. The first-order valence-corrected chi connectivity index (χ1v) is 11.2. The predicted octanol–water partition coefficient (Wildman–Crippen LogP) is 7.02. The van der Waals surface area contributed by atoms with E-state index in [0.29, 0.717) is 49.9 Å². The average molecular weight is 504 g/mol. The molecule has 0 aliphatic carbocycles. The van der Waals surface area contributed by atoms with E-state index in [1.165, 1.54) is 0 Å². The Morgan fingerprint density at radius 1 is 1.03 bits per heavy atom. The molecule has 2 aliphatic rings. The zero-order chi connectivity index (χ0) is 23.1. The first-order valence-electron chi connectivity index (χ1n) is 10.1. The van der Waals surface area contributed by atoms with Crippen molar-refractivity contribution in [3.8, 4) is 17.2 Å². The molecule has 0 saturated carbocycles. The highest BCUT2D eigenvalue weighted by atomic mass is 35.5. The van der Waals surface area contributed by atoms with Crippen molar-refractivity contribution in [2.24, 2.45) is 0 Å². The molecule has 0 fully saturated rings. The Balaban J connectivity index is 1.40. The van der Waals surface area contributed by atoms with Crippen LogP contribution in [-0.4, -0.2) is 12.6 Å². The van der Waals surface area contributed by atoms with Crippen molar-refractivity contribution >= 4 is 46.7 Å². The number of hydrogen-bond acceptors (Lipinski definition) is 5. The van der Waals surface area contributed by atoms with Crippen LogP contribution in [0.15, 0.2) is 48.2 Å². The molecule has 3 aromatic rings. The van der Waals surface area contributed by atoms with E-state index in [1.54, 1.807) is 36.4 Å². The van der Waals surface area contributed by atoms with E-state index < -0.39 is 0 Å². The fraction of sp³-hybridized carbons (Fsp3) is 0.160. The maximum Gasteiger partial charge on any atom is 0.231 e. The molecule has 0 N–H and O–H groups in total. The van der Waals surface area contributed by atoms with E-state index >= 15 is 0 Å². The number of fused-ring (bicyclic) bond motifs is 2. The van der Waals surface area contributed by atoms with Gasteiger partial charge in [0.2, 0.25) is 5.78 Å². The number of ketones is 1. The largest absolute Gasteiger partial charge is 0.488 e. The molecule has 0 spiro atoms. The van der Waals surface area contributed by atoms with Crippen LogP contribution in [0.1, 0.15) is 32.6 Å². The van der Waals surface area contributed by atoms with Crippen molar-refractivity contribution in [2.75, 3.05) is 6.79 Å². The van der Waals surface area contributed by atoms with Gasteiger partial charge in [0.1, 0.15) is 23.9 Å². The summed E-state index contributed by atoms with van der Waals surface area (Å²) in [6, 6.07) is 12.1. The molecule has 3 aromatic carbocycles. The molecule has 0 unspecified atom stereocenters. The summed E-state index contributed by atoms with van der Waals surface area (Å²) in [6.45, 7) is 2.70. The lowest BCUT2D eigenvalue weighted by atomic mass is 10.1. The summed E-state index contributed by atoms with van der Waals surface area (Å²) in [4.78, 5) is 12.9. The SMILES string of the molecule is Cc1c(OCc2cc(Cl)cc3c2OCOC3)ccc2c1O/C(=C\c1ccc(Cl)cc1Cl)C2=O. The van der Waals surface area contributed by atoms with Crippen LogP contribution < -0.4 is 14.2 Å². The van der Waals surface area contributed by atoms with E-state index in [-0.39, 0.29) is 24.9 Å². The third kappa shape index (κ3) is 4.30. The summed E-state index contributed by atoms with van der Waals surface area (Å²) in [5, 5.41) is 1.53. The van der Waals surface area contributed by atoms with E-state index in [9.17, 15) is 4.79 Å². The van der Waals surface area contributed by atoms with Gasteiger partial charge in [0, 0.05) is 31.8 Å². The normalized spacial score (nSPS) is 15.6. The monoisotopic (exact) mass is 502 g/mol. The quantitative estimate of drug-likeness (QED) is 0.358. The number of allylic oxidation sites excluding steroid dienone is 1. The molecule has 0 aromatic heterocycles. The van der Waals surface area contributed by atoms with Crippen LogP contribution in [0.4, 0.5) is 0 Å². The highest BCUT2D eigenvalue weighted by molar-refractivity contribution is 6.35. The van der Waals surface area contributed by atoms with Gasteiger partial charge in [0.15, 0.2) is 12.6 Å². The highest BCUT2D eigenvalue weighted by Crippen LogP contribution is 2.40. The maximum atomic E-state index is 12.9. The Labute approximate surface area is 205 Å². The summed E-state index contributed by atoms with van der Waals surface area (Å²) in [7, 11) is 0. The summed E-state index contributed by atoms with van der Waals surface area (Å²) in [6.07, 6.45) is 1.61. The van der Waals surface area contributed by atoms with Gasteiger partial charge in [-0.15, -0.1) is 0 Å². The Morgan fingerprint density at radius 2 is 1.88 bits per heavy atom. The van der Waals surface area contributed by atoms with Crippen LogP contribution in [0.2, 0.25) is 15.1 Å². The zero-order valence-electron chi connectivity index (χ0n) is 17.4. The smallest absolute Gasteiger partial charge is 0.231 e. The molecule has 0 atom stereocenters. The van der Waals surface area contributed by atoms with E-state index in [0.717, 1.165) is 16.9 Å². The number of Topliss-reactive ketones (excluding diaryl/α,β-unsaturated/α-hetero) is 1. The summed E-state index contributed by atoms with van der Waals surface area (Å²) >= 11 is 18.4. The lowest BCUT2D eigenvalue weighted by molar-refractivity contribution is -0.0175. The van der Waals surface area contributed by atoms with Crippen molar-refractivity contribution in [1.82, 2.24) is 0 Å². The minimum Gasteiger partial charge on any atom is -0.488 e. The lowest BCUT2D eigenvalue weighted by Crippen LogP contribution is -2.14. The van der Waals surface area contributed by atoms with Crippen molar-refractivity contribution in [2.45, 2.75) is 20.1 Å². The fourth-order valence-corrected chi connectivity index (χ4v) is 4.53. The van der Waals surface area contributed by atoms with Crippen LogP contribution in [0, 0.1) is 6.92 Å². The molecule has 5 rings (SSSR count). The van der Waals surface area contributed by atoms with Crippen molar-refractivity contribution in [3.63, 3.8) is 0 Å². The third-order valence-electron chi connectivity index (χ3n) is 5.42. The lowest BCUT2D eigenvalue weighted by Gasteiger charge is -2.21. The van der Waals surface area contributed by atoms with Gasteiger partial charge >= 0.3 is 0 Å². The second kappa shape index (κ2) is 8.92. The minimum absolute atomic E-state index is 0.183. The standard InChI is InChI=1S/C25H17Cl3O5/c1-13-21(31-11-16-7-18(27)6-15-10-30-12-32-25(15)16)5-4-19-23(29)22(33-24(13)19)8-14-2-3-17(26)9-20(14)28/h2-9H,10-12H2,1H3/b22-8-. The van der Waals surface area contributed by atoms with Gasteiger partial charge < -0.3 is 18.9 Å². The first-order chi connectivity index (χ1) is 15.9. The second-order valence-electron chi connectivity index (χ2n) is 7.62. The Bertz CT molecular complexity index is 1320. The molecule has 0 amide bonds. The number of halogens is 3. The van der Waals surface area contributed by atoms with E-state index in [4.69, 9.17) is 53.8 Å². The predicted molar refractivity (Wildman–Crippen MR) is 127 cm³/mol. The van der Waals surface area contributed by atoms with Crippen LogP contribution in [0.5, 0.6) is 17.2 Å². The molecular weight excluding hydrogens is 487 g/mol. The number of hydrogen-bond donors (Lipinski definition) is 0. The van der Waals surface area contributed by atoms with Gasteiger partial charge in [-0.2, -0.15) is 0 Å². The molecule has 0 radical (unpaired) electrons. The molecule has 33 heavy (non-hydrogen) atoms. The maximum absolute atomic E-state index is 12.9. The molecule has 168 valence electrons. The van der Waals surface area contributed by atoms with Gasteiger partial charge in [-0.1, -0.05) is 40.9 Å². The van der Waals surface area contributed by atoms with Gasteiger partial charge in [-0.25, -0.2) is 0 Å². The molecular formula is C25H17Cl3O5. The van der Waals surface area contributed by atoms with Crippen LogP contribution >= 0.6 is 34.8 Å².